The van der Waals surface area contributed by atoms with E-state index >= 15 is 4.79 Å². The Morgan fingerprint density at radius 3 is 2.31 bits per heavy atom. The molecule has 1 spiro atoms. The molecule has 1 aromatic heterocycles. The van der Waals surface area contributed by atoms with Crippen LogP contribution in [0.15, 0.2) is 41.9 Å². The van der Waals surface area contributed by atoms with Crippen molar-refractivity contribution in [1.82, 2.24) is 30.8 Å². The molecule has 3 N–H and O–H groups in total. The number of halogens is 2. The number of likely N-dealkylation sites (tertiary alicyclic amines) is 1. The van der Waals surface area contributed by atoms with Gasteiger partial charge in [-0.25, -0.2) is 4.98 Å². The molecule has 312 valence electrons. The van der Waals surface area contributed by atoms with E-state index in [1.807, 2.05) is 27.7 Å². The zero-order valence-electron chi connectivity index (χ0n) is 33.5. The minimum Gasteiger partial charge on any atom is -0.387 e. The maximum Gasteiger partial charge on any atom is 0.289 e. The van der Waals surface area contributed by atoms with Gasteiger partial charge in [-0.3, -0.25) is 33.8 Å². The smallest absolute Gasteiger partial charge is 0.289 e. The number of ketones is 2. The van der Waals surface area contributed by atoms with Crippen LogP contribution in [-0.4, -0.2) is 92.1 Å². The molecule has 2 saturated carbocycles. The average Bonchev–Trinajstić information content (AvgIpc) is 3.80. The highest BCUT2D eigenvalue weighted by Gasteiger charge is 2.56. The van der Waals surface area contributed by atoms with E-state index in [1.54, 1.807) is 18.2 Å². The molecule has 2 aromatic rings. The van der Waals surface area contributed by atoms with Gasteiger partial charge in [0.2, 0.25) is 23.5 Å². The second-order valence-electron chi connectivity index (χ2n) is 17.3. The number of hydrogen-bond donors (Lipinski definition) is 3. The first-order chi connectivity index (χ1) is 27.6. The fourth-order valence-corrected chi connectivity index (χ4v) is 8.94. The number of nitrogens with one attached hydrogen (secondary N) is 3. The van der Waals surface area contributed by atoms with Crippen LogP contribution < -0.4 is 16.0 Å². The topological polar surface area (TPSA) is 189 Å². The summed E-state index contributed by atoms with van der Waals surface area (Å²) in [6.45, 7) is 7.20. The zero-order chi connectivity index (χ0) is 41.8. The molecule has 14 nitrogen and oxygen atoms in total. The standard InChI is InChI=1S/C42H53Cl2N7O7/c1-5-10-29(35(53)39(56)47-25-15-16-25)48-38(55)32-21-42(20-30(50-58-42)34-27(43)13-9-14-28(34)44)23-51(32)40(57)36(41(2,3)4)49-37(54)26(24-11-7-6-8-12-24)19-33(52)31-22-45-17-18-46-31/h9,13-14,17-18,22,24-26,29,32,36H,5-8,10-12,15-16,19-21,23H2,1-4H3,(H,47,56)(H,48,55)(H,49,54)/t26-,29-,32-,36+,42+/m0/s1. The van der Waals surface area contributed by atoms with Crippen molar-refractivity contribution in [2.24, 2.45) is 22.4 Å². The second kappa shape index (κ2) is 18.2. The van der Waals surface area contributed by atoms with Gasteiger partial charge in [-0.2, -0.15) is 0 Å². The van der Waals surface area contributed by atoms with Crippen LogP contribution in [0.3, 0.4) is 0 Å². The van der Waals surface area contributed by atoms with Crippen molar-refractivity contribution in [3.8, 4) is 0 Å². The first kappa shape index (κ1) is 43.2. The summed E-state index contributed by atoms with van der Waals surface area (Å²) < 4.78 is 0. The summed E-state index contributed by atoms with van der Waals surface area (Å²) in [5.41, 5.74) is -0.946. The Morgan fingerprint density at radius 1 is 0.983 bits per heavy atom. The fourth-order valence-electron chi connectivity index (χ4n) is 8.33. The summed E-state index contributed by atoms with van der Waals surface area (Å²) in [6.07, 6.45) is 11.1. The Labute approximate surface area is 349 Å². The summed E-state index contributed by atoms with van der Waals surface area (Å²) in [5.74, 6) is -4.25. The van der Waals surface area contributed by atoms with Crippen LogP contribution in [0.25, 0.3) is 0 Å². The molecule has 0 radical (unpaired) electrons. The van der Waals surface area contributed by atoms with Crippen LogP contribution in [0, 0.1) is 17.3 Å². The van der Waals surface area contributed by atoms with E-state index in [1.165, 1.54) is 23.5 Å². The number of rotatable bonds is 15. The van der Waals surface area contributed by atoms with Gasteiger partial charge in [0, 0.05) is 49.2 Å². The third kappa shape index (κ3) is 10.0. The zero-order valence-corrected chi connectivity index (χ0v) is 35.0. The highest BCUT2D eigenvalue weighted by Crippen LogP contribution is 2.42. The summed E-state index contributed by atoms with van der Waals surface area (Å²) in [6, 6.07) is 1.59. The Morgan fingerprint density at radius 2 is 1.69 bits per heavy atom. The van der Waals surface area contributed by atoms with Crippen LogP contribution in [0.5, 0.6) is 0 Å². The van der Waals surface area contributed by atoms with Crippen molar-refractivity contribution in [3.63, 3.8) is 0 Å². The lowest BCUT2D eigenvalue weighted by molar-refractivity contribution is -0.146. The van der Waals surface area contributed by atoms with Crippen LogP contribution in [-0.2, 0) is 28.8 Å². The molecular weight excluding hydrogens is 785 g/mol. The summed E-state index contributed by atoms with van der Waals surface area (Å²) in [7, 11) is 0. The molecule has 0 unspecified atom stereocenters. The number of hydrogen-bond acceptors (Lipinski definition) is 10. The number of carbonyl (C=O) groups excluding carboxylic acids is 6. The van der Waals surface area contributed by atoms with Gasteiger partial charge in [0.05, 0.1) is 34.5 Å². The lowest BCUT2D eigenvalue weighted by Crippen LogP contribution is -2.60. The lowest BCUT2D eigenvalue weighted by Gasteiger charge is -2.37. The first-order valence-corrected chi connectivity index (χ1v) is 21.1. The number of benzene rings is 1. The van der Waals surface area contributed by atoms with Crippen molar-refractivity contribution in [2.75, 3.05) is 6.54 Å². The highest BCUT2D eigenvalue weighted by atomic mass is 35.5. The van der Waals surface area contributed by atoms with Crippen LogP contribution >= 0.6 is 23.2 Å². The summed E-state index contributed by atoms with van der Waals surface area (Å²) in [4.78, 5) is 99.2. The molecule has 6 rings (SSSR count). The maximum absolute atomic E-state index is 15.0. The number of aromatic nitrogens is 2. The molecule has 5 atom stereocenters. The predicted molar refractivity (Wildman–Crippen MR) is 217 cm³/mol. The fraction of sp³-hybridized carbons (Fsp3) is 0.595. The van der Waals surface area contributed by atoms with Crippen molar-refractivity contribution in [2.45, 2.75) is 135 Å². The van der Waals surface area contributed by atoms with Gasteiger partial charge in [0.25, 0.3) is 5.91 Å². The summed E-state index contributed by atoms with van der Waals surface area (Å²) >= 11 is 13.1. The SMILES string of the molecule is CCC[C@H](NC(=O)[C@@H]1C[C@]2(CC(c3c(Cl)cccc3Cl)=NO2)CN1C(=O)[C@@H](NC(=O)[C@@H](CC(=O)c1cnccn1)C1CCCCC1)C(C)(C)C)C(=O)C(=O)NC1CC1. The molecular formula is C42H53Cl2N7O7. The Bertz CT molecular complexity index is 1910. The number of amides is 4. The van der Waals surface area contributed by atoms with Gasteiger partial charge in [-0.15, -0.1) is 0 Å². The molecule has 0 bridgehead atoms. The third-order valence-electron chi connectivity index (χ3n) is 11.6. The molecule has 3 fully saturated rings. The van der Waals surface area contributed by atoms with Gasteiger partial charge in [0.15, 0.2) is 11.4 Å². The molecule has 4 aliphatic rings. The molecule has 1 aromatic carbocycles. The average molecular weight is 839 g/mol. The quantitative estimate of drug-likeness (QED) is 0.156. The monoisotopic (exact) mass is 837 g/mol. The minimum absolute atomic E-state index is 0.0108. The maximum atomic E-state index is 15.0. The Hall–Kier alpha value is -4.43. The largest absolute Gasteiger partial charge is 0.387 e. The molecule has 58 heavy (non-hydrogen) atoms. The van der Waals surface area contributed by atoms with E-state index in [-0.39, 0.29) is 55.7 Å². The molecule has 2 aliphatic carbocycles. The predicted octanol–water partition coefficient (Wildman–Crippen LogP) is 5.38. The Kier molecular flexibility index (Phi) is 13.6. The van der Waals surface area contributed by atoms with Gasteiger partial charge >= 0.3 is 0 Å². The van der Waals surface area contributed by atoms with Gasteiger partial charge in [-0.1, -0.05) is 87.8 Å². The second-order valence-corrected chi connectivity index (χ2v) is 18.1. The number of carbonyl (C=O) groups is 6. The van der Waals surface area contributed by atoms with Crippen LogP contribution in [0.1, 0.15) is 121 Å². The van der Waals surface area contributed by atoms with E-state index in [2.05, 4.69) is 31.1 Å². The van der Waals surface area contributed by atoms with E-state index in [4.69, 9.17) is 28.0 Å². The van der Waals surface area contributed by atoms with Gasteiger partial charge in [0.1, 0.15) is 17.8 Å². The molecule has 1 saturated heterocycles. The molecule has 4 amide bonds. The van der Waals surface area contributed by atoms with Gasteiger partial charge < -0.3 is 25.7 Å². The van der Waals surface area contributed by atoms with Crippen molar-refractivity contribution >= 4 is 64.1 Å². The minimum atomic E-state index is -1.18. The van der Waals surface area contributed by atoms with Gasteiger partial charge in [-0.05, 0) is 55.6 Å². The van der Waals surface area contributed by atoms with E-state index in [0.717, 1.165) is 44.9 Å². The normalized spacial score (nSPS) is 22.3. The van der Waals surface area contributed by atoms with Crippen molar-refractivity contribution in [1.29, 1.82) is 0 Å². The van der Waals surface area contributed by atoms with E-state index < -0.39 is 64.5 Å². The van der Waals surface area contributed by atoms with Crippen molar-refractivity contribution in [3.05, 3.63) is 58.1 Å². The highest BCUT2D eigenvalue weighted by molar-refractivity contribution is 6.40. The van der Waals surface area contributed by atoms with Crippen molar-refractivity contribution < 1.29 is 33.6 Å². The molecule has 2 aliphatic heterocycles. The summed E-state index contributed by atoms with van der Waals surface area (Å²) in [5, 5.41) is 13.6. The van der Waals surface area contributed by atoms with Crippen LogP contribution in [0.4, 0.5) is 0 Å². The first-order valence-electron chi connectivity index (χ1n) is 20.4. The molecule has 16 heteroatoms. The lowest BCUT2D eigenvalue weighted by atomic mass is 9.76. The number of oxime groups is 1. The van der Waals surface area contributed by atoms with Crippen LogP contribution in [0.2, 0.25) is 10.0 Å². The van der Waals surface area contributed by atoms with E-state index in [0.29, 0.717) is 27.7 Å². The Balaban J connectivity index is 1.29. The third-order valence-corrected chi connectivity index (χ3v) is 12.3. The number of Topliss-reactive ketones (excluding diaryl/α,β-unsaturated/α-hetero) is 2. The van der Waals surface area contributed by atoms with E-state index in [9.17, 15) is 24.0 Å². The molecule has 3 heterocycles. The number of nitrogens with zero attached hydrogens (tertiary/aromatic N) is 4.